The first kappa shape index (κ1) is 27.8. The number of halogens is 1. The van der Waals surface area contributed by atoms with E-state index in [0.717, 1.165) is 16.9 Å². The van der Waals surface area contributed by atoms with Gasteiger partial charge in [-0.05, 0) is 42.5 Å². The summed E-state index contributed by atoms with van der Waals surface area (Å²) in [5.41, 5.74) is 1.85. The Hall–Kier alpha value is -2.82. The molecule has 2 aromatic rings. The number of hydrogen-bond donors (Lipinski definition) is 0. The SMILES string of the molecule is CCN(Cc1ccc(Cl)nc1)C1=C([N+](=O)[O-])CN([C@@H](CCSC)C(=O)OCc2ccccc2)CN1C. The van der Waals surface area contributed by atoms with Crippen LogP contribution < -0.4 is 0 Å². The number of esters is 1. The molecule has 0 spiro atoms. The number of rotatable bonds is 12. The first-order valence-electron chi connectivity index (χ1n) is 11.7. The van der Waals surface area contributed by atoms with Gasteiger partial charge in [0.1, 0.15) is 17.8 Å². The van der Waals surface area contributed by atoms with Gasteiger partial charge in [-0.15, -0.1) is 0 Å². The van der Waals surface area contributed by atoms with Crippen molar-refractivity contribution >= 4 is 29.3 Å². The highest BCUT2D eigenvalue weighted by Gasteiger charge is 2.39. The van der Waals surface area contributed by atoms with Gasteiger partial charge in [0.25, 0.3) is 5.70 Å². The predicted octanol–water partition coefficient (Wildman–Crippen LogP) is 4.07. The number of benzene rings is 1. The summed E-state index contributed by atoms with van der Waals surface area (Å²) in [4.78, 5) is 34.7. The number of nitro groups is 1. The number of pyridine rings is 1. The Kier molecular flexibility index (Phi) is 10.4. The standard InChI is InChI=1S/C25H32ClN5O4S/c1-4-29(15-20-10-11-23(26)27-14-20)24-22(31(33)34)16-30(18-28(24)2)21(12-13-36-3)25(32)35-17-19-8-6-5-7-9-19/h5-11,14,21H,4,12-13,15-18H2,1-3H3/t21-/m0/s1. The molecule has 0 aliphatic carbocycles. The van der Waals surface area contributed by atoms with E-state index < -0.39 is 6.04 Å². The molecule has 11 heteroatoms. The Morgan fingerprint density at radius 1 is 1.28 bits per heavy atom. The molecule has 1 aromatic carbocycles. The highest BCUT2D eigenvalue weighted by atomic mass is 35.5. The van der Waals surface area contributed by atoms with Gasteiger partial charge in [0.2, 0.25) is 0 Å². The van der Waals surface area contributed by atoms with Gasteiger partial charge in [-0.3, -0.25) is 19.8 Å². The van der Waals surface area contributed by atoms with Crippen LogP contribution in [0.5, 0.6) is 0 Å². The third-order valence-electron chi connectivity index (χ3n) is 5.96. The fourth-order valence-electron chi connectivity index (χ4n) is 4.21. The lowest BCUT2D eigenvalue weighted by Gasteiger charge is -2.41. The quantitative estimate of drug-likeness (QED) is 0.173. The van der Waals surface area contributed by atoms with E-state index in [9.17, 15) is 14.9 Å². The second-order valence-corrected chi connectivity index (χ2v) is 9.88. The lowest BCUT2D eigenvalue weighted by atomic mass is 10.1. The first-order chi connectivity index (χ1) is 17.3. The summed E-state index contributed by atoms with van der Waals surface area (Å²) in [7, 11) is 1.81. The summed E-state index contributed by atoms with van der Waals surface area (Å²) in [6, 6.07) is 12.5. The van der Waals surface area contributed by atoms with E-state index in [-0.39, 0.29) is 29.7 Å². The molecule has 3 rings (SSSR count). The summed E-state index contributed by atoms with van der Waals surface area (Å²) < 4.78 is 5.63. The Balaban J connectivity index is 1.82. The zero-order chi connectivity index (χ0) is 26.1. The van der Waals surface area contributed by atoms with Gasteiger partial charge in [0.05, 0.1) is 18.1 Å². The average Bonchev–Trinajstić information content (AvgIpc) is 2.88. The molecule has 0 unspecified atom stereocenters. The summed E-state index contributed by atoms with van der Waals surface area (Å²) >= 11 is 7.53. The molecule has 1 aliphatic rings. The van der Waals surface area contributed by atoms with Crippen LogP contribution in [-0.2, 0) is 22.7 Å². The van der Waals surface area contributed by atoms with Crippen molar-refractivity contribution in [3.05, 3.63) is 86.6 Å². The van der Waals surface area contributed by atoms with Crippen LogP contribution in [-0.4, -0.2) is 75.4 Å². The second-order valence-electron chi connectivity index (χ2n) is 8.51. The molecule has 0 bridgehead atoms. The monoisotopic (exact) mass is 533 g/mol. The molecule has 1 atom stereocenters. The van der Waals surface area contributed by atoms with Crippen molar-refractivity contribution in [2.45, 2.75) is 32.5 Å². The molecule has 0 saturated heterocycles. The topological polar surface area (TPSA) is 92.0 Å². The molecular weight excluding hydrogens is 502 g/mol. The van der Waals surface area contributed by atoms with Crippen molar-refractivity contribution in [2.24, 2.45) is 0 Å². The number of aromatic nitrogens is 1. The van der Waals surface area contributed by atoms with E-state index in [1.54, 1.807) is 24.0 Å². The first-order valence-corrected chi connectivity index (χ1v) is 13.5. The van der Waals surface area contributed by atoms with Crippen molar-refractivity contribution in [2.75, 3.05) is 38.8 Å². The lowest BCUT2D eigenvalue weighted by molar-refractivity contribution is -0.434. The Labute approximate surface area is 221 Å². The van der Waals surface area contributed by atoms with Crippen LogP contribution in [0.15, 0.2) is 60.2 Å². The maximum absolute atomic E-state index is 13.1. The minimum absolute atomic E-state index is 0.0432. The van der Waals surface area contributed by atoms with Crippen molar-refractivity contribution in [3.8, 4) is 0 Å². The number of thioether (sulfide) groups is 1. The number of nitrogens with zero attached hydrogens (tertiary/aromatic N) is 5. The van der Waals surface area contributed by atoms with Gasteiger partial charge < -0.3 is 14.5 Å². The summed E-state index contributed by atoms with van der Waals surface area (Å²) in [6.45, 7) is 3.54. The molecule has 0 amide bonds. The third kappa shape index (κ3) is 7.35. The van der Waals surface area contributed by atoms with Crippen LogP contribution in [0, 0.1) is 10.1 Å². The summed E-state index contributed by atoms with van der Waals surface area (Å²) in [5, 5.41) is 12.6. The summed E-state index contributed by atoms with van der Waals surface area (Å²) in [6.07, 6.45) is 4.19. The van der Waals surface area contributed by atoms with E-state index in [4.69, 9.17) is 16.3 Å². The van der Waals surface area contributed by atoms with Gasteiger partial charge in [-0.2, -0.15) is 11.8 Å². The van der Waals surface area contributed by atoms with Crippen LogP contribution in [0.3, 0.4) is 0 Å². The molecule has 1 aliphatic heterocycles. The zero-order valence-electron chi connectivity index (χ0n) is 20.8. The molecule has 194 valence electrons. The maximum atomic E-state index is 13.1. The number of ether oxygens (including phenoxy) is 1. The van der Waals surface area contributed by atoms with E-state index in [1.165, 1.54) is 0 Å². The van der Waals surface area contributed by atoms with Gasteiger partial charge in [-0.25, -0.2) is 4.98 Å². The van der Waals surface area contributed by atoms with Gasteiger partial charge in [-0.1, -0.05) is 48.0 Å². The second kappa shape index (κ2) is 13.5. The molecule has 2 heterocycles. The number of carbonyl (C=O) groups excluding carboxylic acids is 1. The van der Waals surface area contributed by atoms with Crippen molar-refractivity contribution < 1.29 is 14.5 Å². The minimum atomic E-state index is -0.587. The molecule has 0 saturated carbocycles. The Morgan fingerprint density at radius 2 is 2.03 bits per heavy atom. The summed E-state index contributed by atoms with van der Waals surface area (Å²) in [5.74, 6) is 0.905. The van der Waals surface area contributed by atoms with Crippen LogP contribution in [0.2, 0.25) is 5.15 Å². The minimum Gasteiger partial charge on any atom is -0.460 e. The van der Waals surface area contributed by atoms with E-state index in [2.05, 4.69) is 4.98 Å². The maximum Gasteiger partial charge on any atom is 0.323 e. The van der Waals surface area contributed by atoms with Crippen molar-refractivity contribution in [3.63, 3.8) is 0 Å². The molecule has 0 N–H and O–H groups in total. The van der Waals surface area contributed by atoms with Crippen molar-refractivity contribution in [1.82, 2.24) is 19.7 Å². The van der Waals surface area contributed by atoms with Crippen LogP contribution >= 0.6 is 23.4 Å². The van der Waals surface area contributed by atoms with E-state index >= 15 is 0 Å². The van der Waals surface area contributed by atoms with Crippen LogP contribution in [0.4, 0.5) is 0 Å². The smallest absolute Gasteiger partial charge is 0.323 e. The Morgan fingerprint density at radius 3 is 2.64 bits per heavy atom. The lowest BCUT2D eigenvalue weighted by Crippen LogP contribution is -2.54. The fraction of sp³-hybridized carbons (Fsp3) is 0.440. The number of hydrogen-bond acceptors (Lipinski definition) is 9. The van der Waals surface area contributed by atoms with E-state index in [0.29, 0.717) is 37.2 Å². The predicted molar refractivity (Wildman–Crippen MR) is 142 cm³/mol. The van der Waals surface area contributed by atoms with Crippen LogP contribution in [0.25, 0.3) is 0 Å². The fourth-order valence-corrected chi connectivity index (χ4v) is 4.78. The highest BCUT2D eigenvalue weighted by molar-refractivity contribution is 7.98. The van der Waals surface area contributed by atoms with Gasteiger partial charge in [0, 0.05) is 26.3 Å². The molecular formula is C25H32ClN5O4S. The third-order valence-corrected chi connectivity index (χ3v) is 6.83. The molecule has 0 radical (unpaired) electrons. The zero-order valence-corrected chi connectivity index (χ0v) is 22.4. The molecule has 0 fully saturated rings. The largest absolute Gasteiger partial charge is 0.460 e. The average molecular weight is 534 g/mol. The molecule has 9 nitrogen and oxygen atoms in total. The van der Waals surface area contributed by atoms with E-state index in [1.807, 2.05) is 71.3 Å². The molecule has 1 aromatic heterocycles. The van der Waals surface area contributed by atoms with Crippen molar-refractivity contribution in [1.29, 1.82) is 0 Å². The number of carbonyl (C=O) groups is 1. The van der Waals surface area contributed by atoms with Gasteiger partial charge >= 0.3 is 5.97 Å². The normalized spacial score (nSPS) is 15.1. The van der Waals surface area contributed by atoms with Crippen LogP contribution in [0.1, 0.15) is 24.5 Å². The highest BCUT2D eigenvalue weighted by Crippen LogP contribution is 2.26. The van der Waals surface area contributed by atoms with Gasteiger partial charge in [0.15, 0.2) is 5.82 Å². The molecule has 36 heavy (non-hydrogen) atoms. The Bertz CT molecular complexity index is 1050.